The quantitative estimate of drug-likeness (QED) is 0.587. The van der Waals surface area contributed by atoms with Gasteiger partial charge >= 0.3 is 0 Å². The Balaban J connectivity index is 1.69. The minimum absolute atomic E-state index is 0.00671. The van der Waals surface area contributed by atoms with Crippen molar-refractivity contribution < 1.29 is 22.3 Å². The molecule has 0 bridgehead atoms. The van der Waals surface area contributed by atoms with Gasteiger partial charge in [0.15, 0.2) is 0 Å². The van der Waals surface area contributed by atoms with Crippen molar-refractivity contribution in [3.8, 4) is 5.75 Å². The standard InChI is InChI=1S/C23H21FN2O4S/c1-30-20-10-12-21(13-11-20)31(28,29)26(19-8-6-18(24)7-9-19)16-23(27)25-15-14-17-4-2-3-5-22(17)25/h2-13H,14-16H2,1H3. The van der Waals surface area contributed by atoms with Crippen molar-refractivity contribution >= 4 is 27.3 Å². The van der Waals surface area contributed by atoms with Crippen LogP contribution >= 0.6 is 0 Å². The predicted molar refractivity (Wildman–Crippen MR) is 116 cm³/mol. The molecule has 0 atom stereocenters. The summed E-state index contributed by atoms with van der Waals surface area (Å²) in [5.74, 6) is -0.339. The van der Waals surface area contributed by atoms with Crippen LogP contribution in [0, 0.1) is 5.82 Å². The first kappa shape index (κ1) is 20.9. The highest BCUT2D eigenvalue weighted by Crippen LogP contribution is 2.30. The number of nitrogens with zero attached hydrogens (tertiary/aromatic N) is 2. The van der Waals surface area contributed by atoms with Crippen LogP contribution < -0.4 is 13.9 Å². The Kier molecular flexibility index (Phi) is 5.65. The van der Waals surface area contributed by atoms with Crippen LogP contribution in [0.4, 0.5) is 15.8 Å². The number of methoxy groups -OCH3 is 1. The van der Waals surface area contributed by atoms with Crippen LogP contribution in [0.1, 0.15) is 5.56 Å². The van der Waals surface area contributed by atoms with E-state index in [0.29, 0.717) is 18.7 Å². The summed E-state index contributed by atoms with van der Waals surface area (Å²) in [4.78, 5) is 14.8. The highest BCUT2D eigenvalue weighted by atomic mass is 32.2. The Morgan fingerprint density at radius 3 is 2.39 bits per heavy atom. The Morgan fingerprint density at radius 2 is 1.71 bits per heavy atom. The van der Waals surface area contributed by atoms with Crippen LogP contribution in [-0.4, -0.2) is 34.5 Å². The molecule has 0 aliphatic carbocycles. The number of fused-ring (bicyclic) bond motifs is 1. The summed E-state index contributed by atoms with van der Waals surface area (Å²) in [6, 6.07) is 18.5. The number of benzene rings is 3. The molecule has 0 saturated carbocycles. The van der Waals surface area contributed by atoms with Gasteiger partial charge in [0.1, 0.15) is 18.1 Å². The third-order valence-corrected chi connectivity index (χ3v) is 7.02. The molecular weight excluding hydrogens is 419 g/mol. The van der Waals surface area contributed by atoms with E-state index in [1.807, 2.05) is 24.3 Å². The zero-order valence-corrected chi connectivity index (χ0v) is 17.7. The zero-order chi connectivity index (χ0) is 22.0. The molecule has 0 saturated heterocycles. The van der Waals surface area contributed by atoms with E-state index in [0.717, 1.165) is 15.6 Å². The lowest BCUT2D eigenvalue weighted by atomic mass is 10.2. The van der Waals surface area contributed by atoms with Gasteiger partial charge in [0, 0.05) is 12.2 Å². The van der Waals surface area contributed by atoms with Crippen molar-refractivity contribution in [1.29, 1.82) is 0 Å². The number of sulfonamides is 1. The Labute approximate surface area is 180 Å². The smallest absolute Gasteiger partial charge is 0.264 e. The maximum atomic E-state index is 13.5. The molecule has 1 heterocycles. The van der Waals surface area contributed by atoms with Crippen LogP contribution in [-0.2, 0) is 21.2 Å². The van der Waals surface area contributed by atoms with E-state index in [2.05, 4.69) is 0 Å². The fraction of sp³-hybridized carbons (Fsp3) is 0.174. The predicted octanol–water partition coefficient (Wildman–Crippen LogP) is 3.62. The van der Waals surface area contributed by atoms with Crippen LogP contribution in [0.15, 0.2) is 77.7 Å². The number of ether oxygens (including phenoxy) is 1. The Hall–Kier alpha value is -3.39. The summed E-state index contributed by atoms with van der Waals surface area (Å²) in [6.45, 7) is 0.0757. The minimum atomic E-state index is -4.09. The molecule has 1 aliphatic rings. The Morgan fingerprint density at radius 1 is 1.03 bits per heavy atom. The average Bonchev–Trinajstić information content (AvgIpc) is 3.22. The molecule has 160 valence electrons. The molecular formula is C23H21FN2O4S. The van der Waals surface area contributed by atoms with Crippen LogP contribution in [0.2, 0.25) is 0 Å². The Bertz CT molecular complexity index is 1200. The molecule has 0 spiro atoms. The number of rotatable bonds is 6. The van der Waals surface area contributed by atoms with Gasteiger partial charge in [0.25, 0.3) is 10.0 Å². The van der Waals surface area contributed by atoms with E-state index in [4.69, 9.17) is 4.74 Å². The van der Waals surface area contributed by atoms with E-state index in [9.17, 15) is 17.6 Å². The van der Waals surface area contributed by atoms with Crippen LogP contribution in [0.25, 0.3) is 0 Å². The summed E-state index contributed by atoms with van der Waals surface area (Å²) in [5, 5.41) is 0. The van der Waals surface area contributed by atoms with Crippen molar-refractivity contribution in [3.05, 3.63) is 84.2 Å². The first-order valence-corrected chi connectivity index (χ1v) is 11.1. The molecule has 3 aromatic rings. The summed E-state index contributed by atoms with van der Waals surface area (Å²) < 4.78 is 46.4. The number of hydrogen-bond acceptors (Lipinski definition) is 4. The second-order valence-corrected chi connectivity index (χ2v) is 8.95. The second-order valence-electron chi connectivity index (χ2n) is 7.09. The molecule has 0 fully saturated rings. The van der Waals surface area contributed by atoms with E-state index >= 15 is 0 Å². The molecule has 6 nitrogen and oxygen atoms in total. The minimum Gasteiger partial charge on any atom is -0.497 e. The van der Waals surface area contributed by atoms with E-state index in [1.165, 1.54) is 55.6 Å². The SMILES string of the molecule is COc1ccc(S(=O)(=O)N(CC(=O)N2CCc3ccccc32)c2ccc(F)cc2)cc1. The highest BCUT2D eigenvalue weighted by Gasteiger charge is 2.31. The number of halogens is 1. The van der Waals surface area contributed by atoms with Crippen molar-refractivity contribution in [2.75, 3.05) is 29.4 Å². The van der Waals surface area contributed by atoms with Crippen molar-refractivity contribution in [1.82, 2.24) is 0 Å². The average molecular weight is 440 g/mol. The molecule has 3 aromatic carbocycles. The lowest BCUT2D eigenvalue weighted by Gasteiger charge is -2.27. The van der Waals surface area contributed by atoms with Gasteiger partial charge in [-0.2, -0.15) is 0 Å². The monoisotopic (exact) mass is 440 g/mol. The second kappa shape index (κ2) is 8.39. The molecule has 0 aromatic heterocycles. The van der Waals surface area contributed by atoms with Crippen molar-refractivity contribution in [2.45, 2.75) is 11.3 Å². The molecule has 0 unspecified atom stereocenters. The molecule has 4 rings (SSSR count). The fourth-order valence-electron chi connectivity index (χ4n) is 3.60. The molecule has 0 radical (unpaired) electrons. The molecule has 1 amide bonds. The third-order valence-electron chi connectivity index (χ3n) is 5.23. The summed E-state index contributed by atoms with van der Waals surface area (Å²) in [5.41, 5.74) is 2.04. The number of para-hydroxylation sites is 1. The molecule has 31 heavy (non-hydrogen) atoms. The maximum absolute atomic E-state index is 13.5. The highest BCUT2D eigenvalue weighted by molar-refractivity contribution is 7.92. The lowest BCUT2D eigenvalue weighted by Crippen LogP contribution is -2.42. The van der Waals surface area contributed by atoms with Gasteiger partial charge in [-0.3, -0.25) is 9.10 Å². The number of carbonyl (C=O) groups is 1. The normalized spacial score (nSPS) is 13.0. The largest absolute Gasteiger partial charge is 0.497 e. The van der Waals surface area contributed by atoms with Gasteiger partial charge in [0.2, 0.25) is 5.91 Å². The number of amides is 1. The van der Waals surface area contributed by atoms with E-state index < -0.39 is 22.4 Å². The van der Waals surface area contributed by atoms with Crippen LogP contribution in [0.5, 0.6) is 5.75 Å². The van der Waals surface area contributed by atoms with E-state index in [1.54, 1.807) is 4.90 Å². The zero-order valence-electron chi connectivity index (χ0n) is 16.9. The molecule has 1 aliphatic heterocycles. The first-order valence-electron chi connectivity index (χ1n) is 9.71. The van der Waals surface area contributed by atoms with Crippen molar-refractivity contribution in [3.63, 3.8) is 0 Å². The summed E-state index contributed by atoms with van der Waals surface area (Å²) in [6.07, 6.45) is 0.712. The van der Waals surface area contributed by atoms with Crippen LogP contribution in [0.3, 0.4) is 0 Å². The lowest BCUT2D eigenvalue weighted by molar-refractivity contribution is -0.117. The van der Waals surface area contributed by atoms with Gasteiger partial charge in [0.05, 0.1) is 17.7 Å². The fourth-order valence-corrected chi connectivity index (χ4v) is 5.02. The number of carbonyl (C=O) groups excluding carboxylic acids is 1. The van der Waals surface area contributed by atoms with Gasteiger partial charge in [-0.25, -0.2) is 12.8 Å². The van der Waals surface area contributed by atoms with E-state index in [-0.39, 0.29) is 16.5 Å². The summed E-state index contributed by atoms with van der Waals surface area (Å²) in [7, 11) is -2.60. The topological polar surface area (TPSA) is 66.9 Å². The van der Waals surface area contributed by atoms with Gasteiger partial charge in [-0.15, -0.1) is 0 Å². The third kappa shape index (κ3) is 4.11. The number of hydrogen-bond donors (Lipinski definition) is 0. The maximum Gasteiger partial charge on any atom is 0.264 e. The first-order chi connectivity index (χ1) is 14.9. The van der Waals surface area contributed by atoms with Gasteiger partial charge < -0.3 is 9.64 Å². The summed E-state index contributed by atoms with van der Waals surface area (Å²) >= 11 is 0. The molecule has 0 N–H and O–H groups in total. The molecule has 8 heteroatoms. The van der Waals surface area contributed by atoms with Crippen molar-refractivity contribution in [2.24, 2.45) is 0 Å². The van der Waals surface area contributed by atoms with Gasteiger partial charge in [-0.1, -0.05) is 18.2 Å². The van der Waals surface area contributed by atoms with Gasteiger partial charge in [-0.05, 0) is 66.6 Å². The number of anilines is 2.